The molecule has 0 radical (unpaired) electrons. The molecule has 0 aromatic carbocycles. The highest BCUT2D eigenvalue weighted by Gasteiger charge is 2.48. The summed E-state index contributed by atoms with van der Waals surface area (Å²) in [6.45, 7) is 6.33. The van der Waals surface area contributed by atoms with Crippen molar-refractivity contribution in [2.45, 2.75) is 45.1 Å². The third kappa shape index (κ3) is 4.94. The predicted molar refractivity (Wildman–Crippen MR) is 121 cm³/mol. The molecule has 3 rings (SSSR count). The highest BCUT2D eigenvalue weighted by molar-refractivity contribution is 14.0. The normalized spacial score (nSPS) is 23.2. The molecule has 2 aliphatic rings. The summed E-state index contributed by atoms with van der Waals surface area (Å²) in [5.41, 5.74) is 0.316. The molecule has 0 spiro atoms. The molecule has 1 atom stereocenters. The van der Waals surface area contributed by atoms with Gasteiger partial charge in [0.15, 0.2) is 5.96 Å². The maximum absolute atomic E-state index is 12.1. The van der Waals surface area contributed by atoms with E-state index in [0.29, 0.717) is 0 Å². The molecule has 2 fully saturated rings. The lowest BCUT2D eigenvalue weighted by Crippen LogP contribution is -2.55. The van der Waals surface area contributed by atoms with Gasteiger partial charge in [-0.15, -0.1) is 35.3 Å². The molecule has 0 saturated carbocycles. The van der Waals surface area contributed by atoms with Crippen molar-refractivity contribution in [3.63, 3.8) is 0 Å². The van der Waals surface area contributed by atoms with Crippen LogP contribution in [0.1, 0.15) is 37.4 Å². The van der Waals surface area contributed by atoms with Crippen molar-refractivity contribution in [3.8, 4) is 0 Å². The summed E-state index contributed by atoms with van der Waals surface area (Å²) in [4.78, 5) is 34.8. The van der Waals surface area contributed by atoms with Crippen molar-refractivity contribution in [1.82, 2.24) is 25.8 Å². The van der Waals surface area contributed by atoms with Gasteiger partial charge in [0.1, 0.15) is 5.54 Å². The molecule has 1 aromatic heterocycles. The minimum atomic E-state index is -0.804. The van der Waals surface area contributed by atoms with Gasteiger partial charge in [0.2, 0.25) is 0 Å². The number of amides is 3. The lowest BCUT2D eigenvalue weighted by Gasteiger charge is -2.39. The number of carbonyl (C=O) groups is 2. The van der Waals surface area contributed by atoms with E-state index < -0.39 is 11.6 Å². The number of aliphatic imine (C=N–C) groups is 1. The maximum Gasteiger partial charge on any atom is 0.322 e. The molecule has 10 heteroatoms. The molecule has 3 amide bonds. The summed E-state index contributed by atoms with van der Waals surface area (Å²) in [7, 11) is 1.79. The van der Waals surface area contributed by atoms with Gasteiger partial charge in [0, 0.05) is 38.5 Å². The number of imide groups is 1. The van der Waals surface area contributed by atoms with Crippen LogP contribution in [-0.4, -0.2) is 60.0 Å². The van der Waals surface area contributed by atoms with Crippen LogP contribution in [0.5, 0.6) is 0 Å². The summed E-state index contributed by atoms with van der Waals surface area (Å²) < 4.78 is 0. The summed E-state index contributed by atoms with van der Waals surface area (Å²) in [6, 6.07) is -0.393. The first-order valence-corrected chi connectivity index (χ1v) is 10.4. The van der Waals surface area contributed by atoms with Crippen LogP contribution >= 0.6 is 35.3 Å². The first kappa shape index (κ1) is 22.9. The average molecular weight is 520 g/mol. The Morgan fingerprint density at radius 1 is 1.43 bits per heavy atom. The molecular formula is C18H29IN6O2S. The first-order chi connectivity index (χ1) is 13.0. The highest BCUT2D eigenvalue weighted by Crippen LogP contribution is 2.30. The van der Waals surface area contributed by atoms with E-state index in [1.54, 1.807) is 18.4 Å². The summed E-state index contributed by atoms with van der Waals surface area (Å²) >= 11 is 1.71. The van der Waals surface area contributed by atoms with Crippen LogP contribution in [-0.2, 0) is 17.6 Å². The Balaban J connectivity index is 0.00000280. The molecule has 156 valence electrons. The lowest BCUT2D eigenvalue weighted by molar-refractivity contribution is -0.125. The molecule has 3 N–H and O–H groups in total. The van der Waals surface area contributed by atoms with Gasteiger partial charge >= 0.3 is 6.03 Å². The smallest absolute Gasteiger partial charge is 0.322 e. The number of nitrogens with zero attached hydrogens (tertiary/aromatic N) is 3. The largest absolute Gasteiger partial charge is 0.356 e. The zero-order valence-corrected chi connectivity index (χ0v) is 19.7. The van der Waals surface area contributed by atoms with Crippen LogP contribution in [0.4, 0.5) is 4.79 Å². The van der Waals surface area contributed by atoms with Gasteiger partial charge in [-0.1, -0.05) is 6.92 Å². The van der Waals surface area contributed by atoms with Crippen LogP contribution in [0, 0.1) is 5.92 Å². The zero-order valence-electron chi connectivity index (χ0n) is 16.6. The second-order valence-electron chi connectivity index (χ2n) is 7.18. The first-order valence-electron chi connectivity index (χ1n) is 9.48. The van der Waals surface area contributed by atoms with Crippen LogP contribution < -0.4 is 16.0 Å². The Morgan fingerprint density at radius 3 is 2.68 bits per heavy atom. The third-order valence-electron chi connectivity index (χ3n) is 5.46. The monoisotopic (exact) mass is 520 g/mol. The molecule has 2 aliphatic heterocycles. The second kappa shape index (κ2) is 9.86. The molecule has 28 heavy (non-hydrogen) atoms. The van der Waals surface area contributed by atoms with Crippen molar-refractivity contribution >= 4 is 53.2 Å². The predicted octanol–water partition coefficient (Wildman–Crippen LogP) is 1.75. The zero-order chi connectivity index (χ0) is 19.4. The Morgan fingerprint density at radius 2 is 2.14 bits per heavy atom. The standard InChI is InChI=1S/C18H28N6O2S.HI/c1-4-14-21-13(11-27-14)5-8-20-16(19-3)24-9-6-12(7-10-24)18(2)15(25)22-17(26)23-18;/h11-12H,4-10H2,1-3H3,(H,19,20)(H2,22,23,25,26);1H. The number of hydrogen-bond acceptors (Lipinski definition) is 5. The number of thiazole rings is 1. The Kier molecular flexibility index (Phi) is 8.05. The fourth-order valence-electron chi connectivity index (χ4n) is 3.77. The second-order valence-corrected chi connectivity index (χ2v) is 8.12. The number of hydrogen-bond donors (Lipinski definition) is 3. The van der Waals surface area contributed by atoms with Crippen molar-refractivity contribution < 1.29 is 9.59 Å². The topological polar surface area (TPSA) is 98.7 Å². The molecule has 0 bridgehead atoms. The van der Waals surface area contributed by atoms with E-state index in [1.165, 1.54) is 5.01 Å². The van der Waals surface area contributed by atoms with Gasteiger partial charge < -0.3 is 15.5 Å². The maximum atomic E-state index is 12.1. The van der Waals surface area contributed by atoms with E-state index in [4.69, 9.17) is 0 Å². The van der Waals surface area contributed by atoms with Crippen LogP contribution in [0.2, 0.25) is 0 Å². The molecule has 1 unspecified atom stereocenters. The molecule has 2 saturated heterocycles. The number of carbonyl (C=O) groups excluding carboxylic acids is 2. The fourth-order valence-corrected chi connectivity index (χ4v) is 4.55. The minimum Gasteiger partial charge on any atom is -0.356 e. The Labute approximate surface area is 187 Å². The number of rotatable bonds is 5. The number of likely N-dealkylation sites (tertiary alicyclic amines) is 1. The van der Waals surface area contributed by atoms with E-state index >= 15 is 0 Å². The molecule has 0 aliphatic carbocycles. The van der Waals surface area contributed by atoms with E-state index in [-0.39, 0.29) is 35.8 Å². The van der Waals surface area contributed by atoms with Gasteiger partial charge in [-0.25, -0.2) is 9.78 Å². The van der Waals surface area contributed by atoms with E-state index in [2.05, 4.69) is 43.1 Å². The van der Waals surface area contributed by atoms with Crippen molar-refractivity contribution in [2.75, 3.05) is 26.7 Å². The van der Waals surface area contributed by atoms with Crippen LogP contribution in [0.3, 0.4) is 0 Å². The van der Waals surface area contributed by atoms with Crippen molar-refractivity contribution in [1.29, 1.82) is 0 Å². The number of nitrogens with one attached hydrogen (secondary N) is 3. The fraction of sp³-hybridized carbons (Fsp3) is 0.667. The molecular weight excluding hydrogens is 491 g/mol. The van der Waals surface area contributed by atoms with Crippen LogP contribution in [0.25, 0.3) is 0 Å². The van der Waals surface area contributed by atoms with Crippen LogP contribution in [0.15, 0.2) is 10.4 Å². The number of guanidine groups is 1. The van der Waals surface area contributed by atoms with E-state index in [1.807, 2.05) is 6.92 Å². The Hall–Kier alpha value is -1.43. The van der Waals surface area contributed by atoms with Gasteiger partial charge in [-0.05, 0) is 32.1 Å². The summed E-state index contributed by atoms with van der Waals surface area (Å²) in [5, 5.41) is 11.9. The van der Waals surface area contributed by atoms with E-state index in [9.17, 15) is 9.59 Å². The van der Waals surface area contributed by atoms with Crippen molar-refractivity contribution in [2.24, 2.45) is 10.9 Å². The number of halogens is 1. The Bertz CT molecular complexity index is 731. The summed E-state index contributed by atoms with van der Waals surface area (Å²) in [6.07, 6.45) is 3.51. The highest BCUT2D eigenvalue weighted by atomic mass is 127. The van der Waals surface area contributed by atoms with Gasteiger partial charge in [-0.2, -0.15) is 0 Å². The third-order valence-corrected chi connectivity index (χ3v) is 6.50. The molecule has 3 heterocycles. The molecule has 8 nitrogen and oxygen atoms in total. The quantitative estimate of drug-likeness (QED) is 0.238. The number of urea groups is 1. The van der Waals surface area contributed by atoms with E-state index in [0.717, 1.165) is 57.0 Å². The average Bonchev–Trinajstić information content (AvgIpc) is 3.23. The number of aryl methyl sites for hydroxylation is 1. The lowest BCUT2D eigenvalue weighted by atomic mass is 9.79. The SMILES string of the molecule is CCc1nc(CCNC(=NC)N2CCC(C3(C)NC(=O)NC3=O)CC2)cs1.I. The van der Waals surface area contributed by atoms with Gasteiger partial charge in [0.25, 0.3) is 5.91 Å². The number of piperidine rings is 1. The number of aromatic nitrogens is 1. The minimum absolute atomic E-state index is 0. The van der Waals surface area contributed by atoms with Crippen molar-refractivity contribution in [3.05, 3.63) is 16.1 Å². The summed E-state index contributed by atoms with van der Waals surface area (Å²) in [5.74, 6) is 0.786. The molecule has 1 aromatic rings. The van der Waals surface area contributed by atoms with Gasteiger partial charge in [0.05, 0.1) is 10.7 Å². The van der Waals surface area contributed by atoms with Gasteiger partial charge in [-0.3, -0.25) is 15.1 Å².